The van der Waals surface area contributed by atoms with Crippen LogP contribution < -0.4 is 0 Å². The lowest BCUT2D eigenvalue weighted by atomic mass is 9.92. The molecule has 2 heterocycles. The van der Waals surface area contributed by atoms with Gasteiger partial charge in [-0.05, 0) is 38.5 Å². The number of hydrogen-bond acceptors (Lipinski definition) is 3. The SMILES string of the molecule is CCOC1CCCN(C(=O)N2CCC(C)CC2C(=O)O)C1. The van der Waals surface area contributed by atoms with Gasteiger partial charge in [0.05, 0.1) is 6.10 Å². The molecule has 0 saturated carbocycles. The maximum absolute atomic E-state index is 12.7. The Balaban J connectivity index is 2.01. The number of carboxylic acid groups (broad SMARTS) is 1. The Bertz CT molecular complexity index is 386. The molecule has 0 aromatic carbocycles. The minimum Gasteiger partial charge on any atom is -0.480 e. The largest absolute Gasteiger partial charge is 0.480 e. The van der Waals surface area contributed by atoms with Crippen LogP contribution in [0.2, 0.25) is 0 Å². The van der Waals surface area contributed by atoms with Gasteiger partial charge in [0.25, 0.3) is 0 Å². The van der Waals surface area contributed by atoms with Crippen LogP contribution in [0.15, 0.2) is 0 Å². The highest BCUT2D eigenvalue weighted by Crippen LogP contribution is 2.25. The molecule has 0 bridgehead atoms. The molecule has 2 aliphatic rings. The van der Waals surface area contributed by atoms with Gasteiger partial charge in [0, 0.05) is 26.2 Å². The van der Waals surface area contributed by atoms with E-state index < -0.39 is 12.0 Å². The van der Waals surface area contributed by atoms with E-state index in [0.717, 1.165) is 19.3 Å². The van der Waals surface area contributed by atoms with Gasteiger partial charge in [0.15, 0.2) is 0 Å². The van der Waals surface area contributed by atoms with Gasteiger partial charge in [-0.25, -0.2) is 9.59 Å². The van der Waals surface area contributed by atoms with Crippen molar-refractivity contribution in [3.8, 4) is 0 Å². The van der Waals surface area contributed by atoms with Crippen LogP contribution in [0, 0.1) is 5.92 Å². The van der Waals surface area contributed by atoms with Gasteiger partial charge in [-0.2, -0.15) is 0 Å². The van der Waals surface area contributed by atoms with E-state index in [4.69, 9.17) is 4.74 Å². The van der Waals surface area contributed by atoms with Gasteiger partial charge in [0.2, 0.25) is 0 Å². The normalized spacial score (nSPS) is 30.3. The first-order valence-corrected chi connectivity index (χ1v) is 7.92. The van der Waals surface area contributed by atoms with Gasteiger partial charge in [-0.1, -0.05) is 6.92 Å². The second-order valence-electron chi connectivity index (χ2n) is 6.13. The number of amides is 2. The van der Waals surface area contributed by atoms with Crippen molar-refractivity contribution in [3.63, 3.8) is 0 Å². The first kappa shape index (κ1) is 16.1. The first-order valence-electron chi connectivity index (χ1n) is 7.92. The number of ether oxygens (including phenoxy) is 1. The Morgan fingerprint density at radius 3 is 2.71 bits per heavy atom. The molecule has 2 saturated heterocycles. The van der Waals surface area contributed by atoms with Crippen molar-refractivity contribution in [1.82, 2.24) is 9.80 Å². The molecule has 2 aliphatic heterocycles. The van der Waals surface area contributed by atoms with E-state index in [1.54, 1.807) is 4.90 Å². The van der Waals surface area contributed by atoms with E-state index >= 15 is 0 Å². The van der Waals surface area contributed by atoms with Crippen molar-refractivity contribution < 1.29 is 19.4 Å². The maximum Gasteiger partial charge on any atom is 0.326 e. The lowest BCUT2D eigenvalue weighted by Gasteiger charge is -2.41. The van der Waals surface area contributed by atoms with Crippen molar-refractivity contribution in [2.75, 3.05) is 26.2 Å². The van der Waals surface area contributed by atoms with Gasteiger partial charge in [-0.15, -0.1) is 0 Å². The Hall–Kier alpha value is -1.30. The highest BCUT2D eigenvalue weighted by molar-refractivity contribution is 5.83. The topological polar surface area (TPSA) is 70.1 Å². The summed E-state index contributed by atoms with van der Waals surface area (Å²) in [5.41, 5.74) is 0. The molecular weight excluding hydrogens is 272 g/mol. The molecule has 0 aliphatic carbocycles. The fraction of sp³-hybridized carbons (Fsp3) is 0.867. The lowest BCUT2D eigenvalue weighted by molar-refractivity contribution is -0.144. The monoisotopic (exact) mass is 298 g/mol. The molecule has 2 rings (SSSR count). The first-order chi connectivity index (χ1) is 10.0. The van der Waals surface area contributed by atoms with E-state index in [0.29, 0.717) is 38.6 Å². The second kappa shape index (κ2) is 7.11. The van der Waals surface area contributed by atoms with Crippen LogP contribution in [0.3, 0.4) is 0 Å². The average molecular weight is 298 g/mol. The number of likely N-dealkylation sites (tertiary alicyclic amines) is 2. The molecule has 6 heteroatoms. The summed E-state index contributed by atoms with van der Waals surface area (Å²) in [6.45, 7) is 6.45. The van der Waals surface area contributed by atoms with E-state index in [1.807, 2.05) is 13.8 Å². The molecule has 3 atom stereocenters. The zero-order valence-electron chi connectivity index (χ0n) is 13.0. The van der Waals surface area contributed by atoms with E-state index in [1.165, 1.54) is 4.90 Å². The molecule has 21 heavy (non-hydrogen) atoms. The van der Waals surface area contributed by atoms with Crippen LogP contribution in [-0.4, -0.2) is 65.3 Å². The molecule has 120 valence electrons. The number of carbonyl (C=O) groups is 2. The third kappa shape index (κ3) is 3.87. The number of nitrogens with zero attached hydrogens (tertiary/aromatic N) is 2. The highest BCUT2D eigenvalue weighted by Gasteiger charge is 2.37. The van der Waals surface area contributed by atoms with Crippen molar-refractivity contribution in [1.29, 1.82) is 0 Å². The Labute approximate surface area is 126 Å². The van der Waals surface area contributed by atoms with Crippen LogP contribution in [0.1, 0.15) is 39.5 Å². The molecule has 6 nitrogen and oxygen atoms in total. The standard InChI is InChI=1S/C15H26N2O4/c1-3-21-12-5-4-7-16(10-12)15(20)17-8-6-11(2)9-13(17)14(18)19/h11-13H,3-10H2,1-2H3,(H,18,19). The van der Waals surface area contributed by atoms with Crippen LogP contribution in [0.25, 0.3) is 0 Å². The number of urea groups is 1. The molecular formula is C15H26N2O4. The summed E-state index contributed by atoms with van der Waals surface area (Å²) in [6.07, 6.45) is 3.39. The van der Waals surface area contributed by atoms with Gasteiger partial charge < -0.3 is 19.6 Å². The Morgan fingerprint density at radius 2 is 2.05 bits per heavy atom. The number of hydrogen-bond donors (Lipinski definition) is 1. The molecule has 0 aromatic rings. The van der Waals surface area contributed by atoms with Gasteiger partial charge in [0.1, 0.15) is 6.04 Å². The summed E-state index contributed by atoms with van der Waals surface area (Å²) in [6, 6.07) is -0.826. The van der Waals surface area contributed by atoms with Crippen molar-refractivity contribution in [2.24, 2.45) is 5.92 Å². The summed E-state index contributed by atoms with van der Waals surface area (Å²) in [7, 11) is 0. The molecule has 2 amide bonds. The smallest absolute Gasteiger partial charge is 0.326 e. The Morgan fingerprint density at radius 1 is 1.29 bits per heavy atom. The molecule has 2 fully saturated rings. The third-order valence-electron chi connectivity index (χ3n) is 4.45. The van der Waals surface area contributed by atoms with Crippen LogP contribution >= 0.6 is 0 Å². The van der Waals surface area contributed by atoms with E-state index in [2.05, 4.69) is 0 Å². The minimum absolute atomic E-state index is 0.0830. The fourth-order valence-corrected chi connectivity index (χ4v) is 3.27. The molecule has 0 radical (unpaired) electrons. The molecule has 0 aromatic heterocycles. The third-order valence-corrected chi connectivity index (χ3v) is 4.45. The van der Waals surface area contributed by atoms with Crippen molar-refractivity contribution in [3.05, 3.63) is 0 Å². The van der Waals surface area contributed by atoms with Crippen LogP contribution in [0.5, 0.6) is 0 Å². The van der Waals surface area contributed by atoms with E-state index in [9.17, 15) is 14.7 Å². The van der Waals surface area contributed by atoms with Gasteiger partial charge in [-0.3, -0.25) is 0 Å². The summed E-state index contributed by atoms with van der Waals surface area (Å²) in [4.78, 5) is 27.4. The summed E-state index contributed by atoms with van der Waals surface area (Å²) in [5.74, 6) is -0.541. The summed E-state index contributed by atoms with van der Waals surface area (Å²) < 4.78 is 5.61. The number of carbonyl (C=O) groups excluding carboxylic acids is 1. The number of piperidine rings is 2. The number of carboxylic acids is 1. The molecule has 1 N–H and O–H groups in total. The quantitative estimate of drug-likeness (QED) is 0.862. The number of rotatable bonds is 3. The average Bonchev–Trinajstić information content (AvgIpc) is 2.47. The van der Waals surface area contributed by atoms with Gasteiger partial charge >= 0.3 is 12.0 Å². The minimum atomic E-state index is -0.895. The van der Waals surface area contributed by atoms with Crippen molar-refractivity contribution in [2.45, 2.75) is 51.7 Å². The maximum atomic E-state index is 12.7. The van der Waals surface area contributed by atoms with Crippen LogP contribution in [-0.2, 0) is 9.53 Å². The summed E-state index contributed by atoms with van der Waals surface area (Å²) >= 11 is 0. The lowest BCUT2D eigenvalue weighted by Crippen LogP contribution is -2.56. The Kier molecular flexibility index (Phi) is 5.45. The predicted octanol–water partition coefficient (Wildman–Crippen LogP) is 1.79. The highest BCUT2D eigenvalue weighted by atomic mass is 16.5. The predicted molar refractivity (Wildman–Crippen MR) is 78.1 cm³/mol. The zero-order valence-corrected chi connectivity index (χ0v) is 13.0. The van der Waals surface area contributed by atoms with Crippen molar-refractivity contribution >= 4 is 12.0 Å². The summed E-state index contributed by atoms with van der Waals surface area (Å²) in [5, 5.41) is 9.37. The number of aliphatic carboxylic acids is 1. The molecule has 0 spiro atoms. The van der Waals surface area contributed by atoms with E-state index in [-0.39, 0.29) is 12.1 Å². The second-order valence-corrected chi connectivity index (χ2v) is 6.13. The fourth-order valence-electron chi connectivity index (χ4n) is 3.27. The zero-order chi connectivity index (χ0) is 15.4. The molecule has 3 unspecified atom stereocenters. The van der Waals surface area contributed by atoms with Crippen LogP contribution in [0.4, 0.5) is 4.79 Å².